The third-order valence-electron chi connectivity index (χ3n) is 5.73. The fourth-order valence-electron chi connectivity index (χ4n) is 3.74. The average Bonchev–Trinajstić information content (AvgIpc) is 3.00. The van der Waals surface area contributed by atoms with Crippen LogP contribution in [0.4, 0.5) is 0 Å². The van der Waals surface area contributed by atoms with Crippen molar-refractivity contribution >= 4 is 5.97 Å². The van der Waals surface area contributed by atoms with Gasteiger partial charge in [0.1, 0.15) is 43.2 Å². The Hall–Kier alpha value is -0.930. The highest BCUT2D eigenvalue weighted by molar-refractivity contribution is 5.69. The molecule has 0 aromatic carbocycles. The van der Waals surface area contributed by atoms with Crippen LogP contribution in [0.15, 0.2) is 0 Å². The molecule has 7 N–H and O–H groups in total. The number of aliphatic hydroxyl groups is 7. The topological polar surface area (TPSA) is 196 Å². The summed E-state index contributed by atoms with van der Waals surface area (Å²) in [5.41, 5.74) is 0. The summed E-state index contributed by atoms with van der Waals surface area (Å²) < 4.78 is 21.1. The van der Waals surface area contributed by atoms with Crippen LogP contribution in [0.2, 0.25) is 0 Å². The number of hydrogen-bond acceptors (Lipinski definition) is 12. The van der Waals surface area contributed by atoms with E-state index in [2.05, 4.69) is 6.92 Å². The molecule has 32 heavy (non-hydrogen) atoms. The van der Waals surface area contributed by atoms with Gasteiger partial charge in [-0.25, -0.2) is 0 Å². The van der Waals surface area contributed by atoms with Crippen molar-refractivity contribution in [2.45, 2.75) is 100 Å². The fourth-order valence-corrected chi connectivity index (χ4v) is 3.74. The summed E-state index contributed by atoms with van der Waals surface area (Å²) in [5, 5.41) is 69.5. The summed E-state index contributed by atoms with van der Waals surface area (Å²) in [7, 11) is 0. The Bertz CT molecular complexity index is 577. The molecule has 9 atom stereocenters. The molecular formula is C20H36O12. The molecule has 12 heteroatoms. The Kier molecular flexibility index (Phi) is 10.7. The molecule has 0 saturated carbocycles. The van der Waals surface area contributed by atoms with Crippen molar-refractivity contribution in [3.63, 3.8) is 0 Å². The minimum atomic E-state index is -2.42. The quantitative estimate of drug-likeness (QED) is 0.118. The molecule has 2 rings (SSSR count). The van der Waals surface area contributed by atoms with Crippen molar-refractivity contribution in [1.29, 1.82) is 0 Å². The maximum Gasteiger partial charge on any atom is 0.306 e. The molecule has 0 aromatic rings. The first-order valence-corrected chi connectivity index (χ1v) is 11.0. The van der Waals surface area contributed by atoms with Crippen LogP contribution in [-0.4, -0.2) is 116 Å². The molecule has 0 aromatic heterocycles. The van der Waals surface area contributed by atoms with Crippen LogP contribution in [0.25, 0.3) is 0 Å². The van der Waals surface area contributed by atoms with Crippen molar-refractivity contribution in [3.05, 3.63) is 0 Å². The zero-order valence-corrected chi connectivity index (χ0v) is 18.2. The molecule has 0 radical (unpaired) electrons. The smallest absolute Gasteiger partial charge is 0.306 e. The van der Waals surface area contributed by atoms with E-state index >= 15 is 0 Å². The van der Waals surface area contributed by atoms with E-state index in [4.69, 9.17) is 18.9 Å². The summed E-state index contributed by atoms with van der Waals surface area (Å²) in [5.74, 6) is -3.07. The molecule has 2 heterocycles. The normalized spacial score (nSPS) is 39.9. The van der Waals surface area contributed by atoms with E-state index in [1.807, 2.05) is 0 Å². The number of unbranched alkanes of at least 4 members (excludes halogenated alkanes) is 4. The van der Waals surface area contributed by atoms with Gasteiger partial charge in [0, 0.05) is 6.42 Å². The molecule has 2 saturated heterocycles. The predicted octanol–water partition coefficient (Wildman–Crippen LogP) is -2.48. The Morgan fingerprint density at radius 3 is 2.19 bits per heavy atom. The van der Waals surface area contributed by atoms with Crippen molar-refractivity contribution < 1.29 is 59.5 Å². The van der Waals surface area contributed by atoms with Gasteiger partial charge in [-0.05, 0) is 6.42 Å². The lowest BCUT2D eigenvalue weighted by molar-refractivity contribution is -0.333. The molecule has 2 aliphatic heterocycles. The molecule has 188 valence electrons. The van der Waals surface area contributed by atoms with E-state index < -0.39 is 80.6 Å². The zero-order chi connectivity index (χ0) is 23.9. The van der Waals surface area contributed by atoms with E-state index in [9.17, 15) is 40.5 Å². The van der Waals surface area contributed by atoms with Crippen LogP contribution in [0.3, 0.4) is 0 Å². The number of ether oxygens (including phenoxy) is 4. The number of rotatable bonds is 12. The Balaban J connectivity index is 2.01. The van der Waals surface area contributed by atoms with E-state index in [1.54, 1.807) is 0 Å². The lowest BCUT2D eigenvalue weighted by atomic mass is 9.99. The lowest BCUT2D eigenvalue weighted by Crippen LogP contribution is -2.61. The summed E-state index contributed by atoms with van der Waals surface area (Å²) in [6, 6.07) is 0. The van der Waals surface area contributed by atoms with Crippen molar-refractivity contribution in [1.82, 2.24) is 0 Å². The largest absolute Gasteiger partial charge is 0.454 e. The van der Waals surface area contributed by atoms with Gasteiger partial charge in [0.15, 0.2) is 12.4 Å². The van der Waals surface area contributed by atoms with Crippen LogP contribution >= 0.6 is 0 Å². The van der Waals surface area contributed by atoms with Gasteiger partial charge >= 0.3 is 5.97 Å². The highest BCUT2D eigenvalue weighted by atomic mass is 16.7. The minimum Gasteiger partial charge on any atom is -0.454 e. The molecule has 12 nitrogen and oxygen atoms in total. The standard InChI is InChI=1S/C20H36O12/c1-2-3-4-5-6-7-13(23)31-17-16(26)14(24)11(8-21)30-19(17)29-10-20(28)18(27)15(25)12(9-22)32-20/h11-12,14-19,21-22,24-28H,2-10H2,1H3/t11-,12-,14-,15-,16+,17-,18+,19+,20-/m1/s1. The number of esters is 1. The SMILES string of the molecule is CCCCCCCC(=O)O[C@H]1[C@@H](OC[C@@]2(O)O[C@H](CO)[C@@H](O)[C@@H]2O)O[C@H](CO)[C@@H](O)[C@@H]1O. The molecule has 2 fully saturated rings. The fraction of sp³-hybridized carbons (Fsp3) is 0.950. The van der Waals surface area contributed by atoms with Gasteiger partial charge < -0.3 is 54.7 Å². The van der Waals surface area contributed by atoms with Crippen LogP contribution in [-0.2, 0) is 23.7 Å². The minimum absolute atomic E-state index is 0.0787. The monoisotopic (exact) mass is 468 g/mol. The number of hydrogen-bond donors (Lipinski definition) is 7. The Morgan fingerprint density at radius 2 is 1.59 bits per heavy atom. The number of carbonyl (C=O) groups is 1. The van der Waals surface area contributed by atoms with Crippen molar-refractivity contribution in [3.8, 4) is 0 Å². The molecule has 0 bridgehead atoms. The van der Waals surface area contributed by atoms with Crippen LogP contribution in [0, 0.1) is 0 Å². The lowest BCUT2D eigenvalue weighted by Gasteiger charge is -2.42. The predicted molar refractivity (Wildman–Crippen MR) is 106 cm³/mol. The Labute approximate surface area is 186 Å². The van der Waals surface area contributed by atoms with E-state index in [0.29, 0.717) is 6.42 Å². The second-order valence-corrected chi connectivity index (χ2v) is 8.26. The van der Waals surface area contributed by atoms with Gasteiger partial charge in [-0.1, -0.05) is 32.6 Å². The second kappa shape index (κ2) is 12.5. The zero-order valence-electron chi connectivity index (χ0n) is 18.2. The summed E-state index contributed by atoms with van der Waals surface area (Å²) in [6.45, 7) is -0.0691. The average molecular weight is 468 g/mol. The molecule has 2 aliphatic rings. The first-order chi connectivity index (χ1) is 15.2. The van der Waals surface area contributed by atoms with Crippen LogP contribution in [0.1, 0.15) is 45.4 Å². The van der Waals surface area contributed by atoms with Crippen LogP contribution < -0.4 is 0 Å². The van der Waals surface area contributed by atoms with E-state index in [0.717, 1.165) is 25.7 Å². The van der Waals surface area contributed by atoms with E-state index in [1.165, 1.54) is 0 Å². The highest BCUT2D eigenvalue weighted by Gasteiger charge is 2.55. The first-order valence-electron chi connectivity index (χ1n) is 11.0. The van der Waals surface area contributed by atoms with Crippen molar-refractivity contribution in [2.24, 2.45) is 0 Å². The summed E-state index contributed by atoms with van der Waals surface area (Å²) >= 11 is 0. The van der Waals surface area contributed by atoms with E-state index in [-0.39, 0.29) is 6.42 Å². The molecular weight excluding hydrogens is 432 g/mol. The maximum absolute atomic E-state index is 12.2. The molecule has 0 amide bonds. The van der Waals surface area contributed by atoms with Gasteiger partial charge in [-0.15, -0.1) is 0 Å². The molecule has 0 aliphatic carbocycles. The second-order valence-electron chi connectivity index (χ2n) is 8.26. The van der Waals surface area contributed by atoms with Gasteiger partial charge in [-0.3, -0.25) is 4.79 Å². The maximum atomic E-state index is 12.2. The van der Waals surface area contributed by atoms with Crippen LogP contribution in [0.5, 0.6) is 0 Å². The third kappa shape index (κ3) is 6.56. The highest BCUT2D eigenvalue weighted by Crippen LogP contribution is 2.32. The van der Waals surface area contributed by atoms with Gasteiger partial charge in [0.2, 0.25) is 5.79 Å². The molecule has 0 spiro atoms. The Morgan fingerprint density at radius 1 is 0.938 bits per heavy atom. The van der Waals surface area contributed by atoms with Gasteiger partial charge in [0.25, 0.3) is 0 Å². The van der Waals surface area contributed by atoms with Gasteiger partial charge in [0.05, 0.1) is 13.2 Å². The number of carbonyl (C=O) groups excluding carboxylic acids is 1. The van der Waals surface area contributed by atoms with Gasteiger partial charge in [-0.2, -0.15) is 0 Å². The molecule has 0 unspecified atom stereocenters. The third-order valence-corrected chi connectivity index (χ3v) is 5.73. The summed E-state index contributed by atoms with van der Waals surface area (Å²) in [4.78, 5) is 12.2. The summed E-state index contributed by atoms with van der Waals surface area (Å²) in [6.07, 6.45) is -7.60. The first kappa shape index (κ1) is 27.3. The van der Waals surface area contributed by atoms with Crippen molar-refractivity contribution in [2.75, 3.05) is 19.8 Å². The number of aliphatic hydroxyl groups excluding tert-OH is 6.